The van der Waals surface area contributed by atoms with Crippen molar-refractivity contribution in [1.29, 1.82) is 0 Å². The van der Waals surface area contributed by atoms with Crippen molar-refractivity contribution >= 4 is 22.3 Å². The number of nitro benzene ring substituents is 1. The number of nitrogens with one attached hydrogen (secondary N) is 1. The Morgan fingerprint density at radius 3 is 2.59 bits per heavy atom. The van der Waals surface area contributed by atoms with E-state index in [9.17, 15) is 14.9 Å². The first-order chi connectivity index (χ1) is 13.1. The number of rotatable bonds is 4. The molecule has 27 heavy (non-hydrogen) atoms. The molecule has 0 bridgehead atoms. The summed E-state index contributed by atoms with van der Waals surface area (Å²) in [6, 6.07) is 6.94. The molecule has 1 saturated heterocycles. The summed E-state index contributed by atoms with van der Waals surface area (Å²) in [5, 5.41) is 11.8. The normalized spacial score (nSPS) is 15.2. The summed E-state index contributed by atoms with van der Waals surface area (Å²) in [6.45, 7) is 3.75. The topological polar surface area (TPSA) is 108 Å². The molecule has 1 aliphatic heterocycles. The van der Waals surface area contributed by atoms with Crippen molar-refractivity contribution in [2.45, 2.75) is 6.54 Å². The van der Waals surface area contributed by atoms with Gasteiger partial charge < -0.3 is 9.88 Å². The maximum atomic E-state index is 11.9. The van der Waals surface area contributed by atoms with Crippen LogP contribution in [-0.2, 0) is 6.54 Å². The van der Waals surface area contributed by atoms with E-state index in [1.807, 2.05) is 17.0 Å². The highest BCUT2D eigenvalue weighted by Gasteiger charge is 2.25. The molecule has 0 saturated carbocycles. The first kappa shape index (κ1) is 17.1. The summed E-state index contributed by atoms with van der Waals surface area (Å²) >= 11 is 0. The summed E-state index contributed by atoms with van der Waals surface area (Å²) in [5.74, 6) is 0. The van der Waals surface area contributed by atoms with E-state index >= 15 is 0 Å². The highest BCUT2D eigenvalue weighted by atomic mass is 16.6. The lowest BCUT2D eigenvalue weighted by molar-refractivity contribution is -0.384. The molecule has 0 radical (unpaired) electrons. The summed E-state index contributed by atoms with van der Waals surface area (Å²) < 4.78 is 0. The predicted molar refractivity (Wildman–Crippen MR) is 101 cm³/mol. The molecule has 0 unspecified atom stereocenters. The molecule has 1 aromatic carbocycles. The smallest absolute Gasteiger partial charge is 0.293 e. The molecule has 1 N–H and O–H groups in total. The molecular formula is C18H18N6O3. The van der Waals surface area contributed by atoms with Crippen LogP contribution in [0.5, 0.6) is 0 Å². The van der Waals surface area contributed by atoms with E-state index in [2.05, 4.69) is 19.9 Å². The van der Waals surface area contributed by atoms with E-state index in [0.717, 1.165) is 19.6 Å². The fourth-order valence-corrected chi connectivity index (χ4v) is 3.39. The fraction of sp³-hybridized carbons (Fsp3) is 0.278. The van der Waals surface area contributed by atoms with Crippen molar-refractivity contribution in [3.8, 4) is 0 Å². The second-order valence-corrected chi connectivity index (χ2v) is 6.47. The van der Waals surface area contributed by atoms with Crippen molar-refractivity contribution in [2.75, 3.05) is 31.1 Å². The van der Waals surface area contributed by atoms with E-state index in [1.165, 1.54) is 18.0 Å². The predicted octanol–water partition coefficient (Wildman–Crippen LogP) is 1.55. The lowest BCUT2D eigenvalue weighted by atomic mass is 10.1. The summed E-state index contributed by atoms with van der Waals surface area (Å²) in [7, 11) is 0. The van der Waals surface area contributed by atoms with Crippen LogP contribution in [0.1, 0.15) is 5.56 Å². The number of pyridine rings is 1. The Morgan fingerprint density at radius 2 is 1.89 bits per heavy atom. The Labute approximate surface area is 154 Å². The van der Waals surface area contributed by atoms with Gasteiger partial charge in [-0.15, -0.1) is 0 Å². The Kier molecular flexibility index (Phi) is 4.51. The van der Waals surface area contributed by atoms with Gasteiger partial charge in [-0.05, 0) is 23.8 Å². The monoisotopic (exact) mass is 366 g/mol. The average Bonchev–Trinajstić information content (AvgIpc) is 2.69. The standard InChI is InChI=1S/C18H18N6O3/c25-18-14-9-17(24(26)27)16(10-15(14)20-12-21-18)23-7-5-22(6-8-23)11-13-1-3-19-4-2-13/h1-4,9-10,12H,5-8,11H2,(H,20,21,25). The van der Waals surface area contributed by atoms with Gasteiger partial charge in [0.2, 0.25) is 0 Å². The van der Waals surface area contributed by atoms with Crippen LogP contribution in [0.25, 0.3) is 10.9 Å². The number of piperazine rings is 1. The van der Waals surface area contributed by atoms with Crippen LogP contribution in [0, 0.1) is 10.1 Å². The minimum absolute atomic E-state index is 0.0661. The summed E-state index contributed by atoms with van der Waals surface area (Å²) in [4.78, 5) is 38.0. The molecule has 9 heteroatoms. The largest absolute Gasteiger partial charge is 0.363 e. The summed E-state index contributed by atoms with van der Waals surface area (Å²) in [5.41, 5.74) is 1.71. The van der Waals surface area contributed by atoms with Gasteiger partial charge in [0.1, 0.15) is 5.69 Å². The van der Waals surface area contributed by atoms with E-state index in [-0.39, 0.29) is 16.6 Å². The van der Waals surface area contributed by atoms with Crippen LogP contribution in [0.4, 0.5) is 11.4 Å². The van der Waals surface area contributed by atoms with Crippen molar-refractivity contribution in [1.82, 2.24) is 19.9 Å². The van der Waals surface area contributed by atoms with Gasteiger partial charge in [-0.3, -0.25) is 24.8 Å². The Morgan fingerprint density at radius 1 is 1.15 bits per heavy atom. The number of nitro groups is 1. The van der Waals surface area contributed by atoms with Gasteiger partial charge in [-0.1, -0.05) is 0 Å². The molecule has 0 amide bonds. The third-order valence-electron chi connectivity index (χ3n) is 4.80. The Bertz CT molecular complexity index is 1030. The van der Waals surface area contributed by atoms with E-state index < -0.39 is 4.92 Å². The van der Waals surface area contributed by atoms with Gasteiger partial charge in [0.25, 0.3) is 11.2 Å². The van der Waals surface area contributed by atoms with Crippen LogP contribution >= 0.6 is 0 Å². The molecule has 0 aliphatic carbocycles. The molecule has 1 aliphatic rings. The van der Waals surface area contributed by atoms with Gasteiger partial charge in [-0.2, -0.15) is 0 Å². The van der Waals surface area contributed by atoms with Crippen molar-refractivity contribution in [2.24, 2.45) is 0 Å². The average molecular weight is 366 g/mol. The molecule has 3 aromatic rings. The van der Waals surface area contributed by atoms with Crippen LogP contribution in [0.3, 0.4) is 0 Å². The number of aromatic amines is 1. The zero-order valence-electron chi connectivity index (χ0n) is 14.5. The lowest BCUT2D eigenvalue weighted by Crippen LogP contribution is -2.46. The van der Waals surface area contributed by atoms with Gasteiger partial charge in [-0.25, -0.2) is 4.98 Å². The van der Waals surface area contributed by atoms with Crippen LogP contribution < -0.4 is 10.5 Å². The van der Waals surface area contributed by atoms with Gasteiger partial charge in [0.15, 0.2) is 0 Å². The SMILES string of the molecule is O=c1[nH]cnc2cc(N3CCN(Cc4ccncc4)CC3)c([N+](=O)[O-])cc12. The van der Waals surface area contributed by atoms with Gasteiger partial charge in [0.05, 0.1) is 22.2 Å². The highest BCUT2D eigenvalue weighted by molar-refractivity contribution is 5.87. The van der Waals surface area contributed by atoms with Crippen molar-refractivity contribution in [3.05, 3.63) is 69.0 Å². The molecule has 1 fully saturated rings. The molecule has 4 rings (SSSR count). The van der Waals surface area contributed by atoms with Crippen LogP contribution in [-0.4, -0.2) is 51.0 Å². The minimum atomic E-state index is -0.440. The second-order valence-electron chi connectivity index (χ2n) is 6.47. The fourth-order valence-electron chi connectivity index (χ4n) is 3.39. The number of aromatic nitrogens is 3. The number of fused-ring (bicyclic) bond motifs is 1. The number of nitrogens with zero attached hydrogens (tertiary/aromatic N) is 5. The number of benzene rings is 1. The molecule has 9 nitrogen and oxygen atoms in total. The van der Waals surface area contributed by atoms with Gasteiger partial charge in [0, 0.05) is 51.2 Å². The van der Waals surface area contributed by atoms with E-state index in [1.54, 1.807) is 18.5 Å². The highest BCUT2D eigenvalue weighted by Crippen LogP contribution is 2.32. The van der Waals surface area contributed by atoms with E-state index in [0.29, 0.717) is 24.3 Å². The first-order valence-corrected chi connectivity index (χ1v) is 8.64. The third-order valence-corrected chi connectivity index (χ3v) is 4.80. The Hall–Kier alpha value is -3.33. The number of H-pyrrole nitrogens is 1. The first-order valence-electron chi connectivity index (χ1n) is 8.64. The second kappa shape index (κ2) is 7.12. The number of hydrogen-bond acceptors (Lipinski definition) is 7. The van der Waals surface area contributed by atoms with Crippen LogP contribution in [0.15, 0.2) is 47.8 Å². The van der Waals surface area contributed by atoms with Gasteiger partial charge >= 0.3 is 0 Å². The molecule has 3 heterocycles. The van der Waals surface area contributed by atoms with Crippen molar-refractivity contribution < 1.29 is 4.92 Å². The number of anilines is 1. The lowest BCUT2D eigenvalue weighted by Gasteiger charge is -2.35. The maximum absolute atomic E-state index is 11.9. The zero-order valence-corrected chi connectivity index (χ0v) is 14.5. The molecule has 0 spiro atoms. The summed E-state index contributed by atoms with van der Waals surface area (Å²) in [6.07, 6.45) is 4.87. The number of hydrogen-bond donors (Lipinski definition) is 1. The molecular weight excluding hydrogens is 348 g/mol. The zero-order chi connectivity index (χ0) is 18.8. The molecule has 138 valence electrons. The quantitative estimate of drug-likeness (QED) is 0.551. The maximum Gasteiger partial charge on any atom is 0.293 e. The van der Waals surface area contributed by atoms with Crippen molar-refractivity contribution in [3.63, 3.8) is 0 Å². The molecule has 2 aromatic heterocycles. The molecule has 0 atom stereocenters. The van der Waals surface area contributed by atoms with E-state index in [4.69, 9.17) is 0 Å². The third kappa shape index (κ3) is 3.49. The van der Waals surface area contributed by atoms with Crippen LogP contribution in [0.2, 0.25) is 0 Å². The Balaban J connectivity index is 1.57. The minimum Gasteiger partial charge on any atom is -0.363 e.